The third-order valence-electron chi connectivity index (χ3n) is 2.68. The minimum absolute atomic E-state index is 1.06. The van der Waals surface area contributed by atoms with Crippen LogP contribution in [0.3, 0.4) is 0 Å². The number of rotatable bonds is 5. The molecular weight excluding hydrogens is 134 g/mol. The van der Waals surface area contributed by atoms with Crippen molar-refractivity contribution in [3.63, 3.8) is 0 Å². The van der Waals surface area contributed by atoms with Crippen LogP contribution in [-0.4, -0.2) is 0 Å². The average molecular weight is 153 g/mol. The van der Waals surface area contributed by atoms with Crippen molar-refractivity contribution in [2.45, 2.75) is 39.0 Å². The van der Waals surface area contributed by atoms with Gasteiger partial charge in [-0.1, -0.05) is 19.4 Å². The van der Waals surface area contributed by atoms with Crippen LogP contribution in [0.4, 0.5) is 0 Å². The first-order chi connectivity index (χ1) is 5.38. The van der Waals surface area contributed by atoms with E-state index < -0.39 is 0 Å². The molecule has 0 saturated heterocycles. The highest BCUT2D eigenvalue weighted by molar-refractivity contribution is 4.85. The summed E-state index contributed by atoms with van der Waals surface area (Å²) < 4.78 is 0. The largest absolute Gasteiger partial charge is 0.405 e. The van der Waals surface area contributed by atoms with E-state index in [1.807, 2.05) is 0 Å². The average Bonchev–Trinajstić information content (AvgIpc) is 2.77. The molecule has 1 nitrogen and oxygen atoms in total. The second-order valence-electron chi connectivity index (χ2n) is 3.52. The van der Waals surface area contributed by atoms with Gasteiger partial charge < -0.3 is 5.73 Å². The molecule has 2 N–H and O–H groups in total. The molecule has 0 aromatic rings. The maximum atomic E-state index is 5.23. The summed E-state index contributed by atoms with van der Waals surface area (Å²) in [7, 11) is 0. The molecule has 0 bridgehead atoms. The molecule has 0 aromatic carbocycles. The quantitative estimate of drug-likeness (QED) is 0.604. The van der Waals surface area contributed by atoms with Gasteiger partial charge in [-0.25, -0.2) is 0 Å². The van der Waals surface area contributed by atoms with Gasteiger partial charge in [-0.2, -0.15) is 0 Å². The van der Waals surface area contributed by atoms with E-state index in [0.717, 1.165) is 11.8 Å². The summed E-state index contributed by atoms with van der Waals surface area (Å²) in [5, 5.41) is 0. The highest BCUT2D eigenvalue weighted by Gasteiger charge is 2.33. The Morgan fingerprint density at radius 2 is 2.27 bits per heavy atom. The molecule has 0 amide bonds. The van der Waals surface area contributed by atoms with Crippen molar-refractivity contribution < 1.29 is 0 Å². The van der Waals surface area contributed by atoms with E-state index in [-0.39, 0.29) is 0 Å². The number of unbranched alkanes of at least 4 members (excludes halogenated alkanes) is 1. The van der Waals surface area contributed by atoms with Crippen LogP contribution in [0.5, 0.6) is 0 Å². The summed E-state index contributed by atoms with van der Waals surface area (Å²) in [4.78, 5) is 0. The number of hydrogen-bond donors (Lipinski definition) is 1. The van der Waals surface area contributed by atoms with Crippen LogP contribution in [0.1, 0.15) is 39.0 Å². The highest BCUT2D eigenvalue weighted by atomic mass is 14.5. The van der Waals surface area contributed by atoms with E-state index in [0.29, 0.717) is 0 Å². The molecule has 0 spiro atoms. The fourth-order valence-electron chi connectivity index (χ4n) is 1.76. The summed E-state index contributed by atoms with van der Waals surface area (Å²) in [6.45, 7) is 2.30. The van der Waals surface area contributed by atoms with E-state index >= 15 is 0 Å². The fourth-order valence-corrected chi connectivity index (χ4v) is 1.76. The molecule has 11 heavy (non-hydrogen) atoms. The highest BCUT2D eigenvalue weighted by Crippen LogP contribution is 2.44. The van der Waals surface area contributed by atoms with Crippen molar-refractivity contribution in [2.24, 2.45) is 17.6 Å². The van der Waals surface area contributed by atoms with Crippen LogP contribution in [0.25, 0.3) is 0 Å². The molecule has 2 atom stereocenters. The van der Waals surface area contributed by atoms with Crippen LogP contribution in [-0.2, 0) is 0 Å². The van der Waals surface area contributed by atoms with E-state index in [2.05, 4.69) is 13.0 Å². The number of hydrogen-bond acceptors (Lipinski definition) is 1. The molecule has 0 aromatic heterocycles. The molecule has 1 fully saturated rings. The van der Waals surface area contributed by atoms with Crippen LogP contribution < -0.4 is 5.73 Å². The lowest BCUT2D eigenvalue weighted by atomic mass is 10.1. The van der Waals surface area contributed by atoms with Gasteiger partial charge in [-0.3, -0.25) is 0 Å². The predicted molar refractivity (Wildman–Crippen MR) is 49.1 cm³/mol. The Balaban J connectivity index is 1.89. The maximum Gasteiger partial charge on any atom is -0.0103 e. The predicted octanol–water partition coefficient (Wildman–Crippen LogP) is 2.68. The zero-order valence-electron chi connectivity index (χ0n) is 7.42. The molecule has 1 rings (SSSR count). The lowest BCUT2D eigenvalue weighted by Gasteiger charge is -1.94. The van der Waals surface area contributed by atoms with Crippen LogP contribution in [0.15, 0.2) is 12.3 Å². The minimum atomic E-state index is 1.06. The van der Waals surface area contributed by atoms with Crippen LogP contribution in [0.2, 0.25) is 0 Å². The zero-order valence-corrected chi connectivity index (χ0v) is 7.42. The Hall–Kier alpha value is -0.460. The van der Waals surface area contributed by atoms with Gasteiger partial charge in [0.15, 0.2) is 0 Å². The monoisotopic (exact) mass is 153 g/mol. The van der Waals surface area contributed by atoms with E-state index in [1.54, 1.807) is 6.20 Å². The lowest BCUT2D eigenvalue weighted by Crippen LogP contribution is -1.82. The van der Waals surface area contributed by atoms with Crippen molar-refractivity contribution in [1.29, 1.82) is 0 Å². The van der Waals surface area contributed by atoms with Gasteiger partial charge in [0.1, 0.15) is 0 Å². The topological polar surface area (TPSA) is 26.0 Å². The van der Waals surface area contributed by atoms with Crippen molar-refractivity contribution >= 4 is 0 Å². The number of allylic oxidation sites excluding steroid dienone is 1. The summed E-state index contributed by atoms with van der Waals surface area (Å²) >= 11 is 0. The van der Waals surface area contributed by atoms with Gasteiger partial charge in [-0.05, 0) is 43.7 Å². The fraction of sp³-hybridized carbons (Fsp3) is 0.800. The van der Waals surface area contributed by atoms with Crippen molar-refractivity contribution in [3.8, 4) is 0 Å². The van der Waals surface area contributed by atoms with E-state index in [1.165, 1.54) is 32.1 Å². The molecule has 1 aliphatic carbocycles. The third kappa shape index (κ3) is 2.96. The Kier molecular flexibility index (Phi) is 3.47. The molecule has 1 heteroatoms. The Labute approximate surface area is 69.7 Å². The first kappa shape index (κ1) is 8.63. The number of nitrogens with two attached hydrogens (primary N) is 1. The van der Waals surface area contributed by atoms with E-state index in [9.17, 15) is 0 Å². The summed E-state index contributed by atoms with van der Waals surface area (Å²) in [5.74, 6) is 2.13. The first-order valence-electron chi connectivity index (χ1n) is 4.75. The first-order valence-corrected chi connectivity index (χ1v) is 4.75. The SMILES string of the molecule is CCC1CC1CCC/C=C\N. The summed E-state index contributed by atoms with van der Waals surface area (Å²) in [6.07, 6.45) is 10.5. The summed E-state index contributed by atoms with van der Waals surface area (Å²) in [5.41, 5.74) is 5.23. The molecule has 1 saturated carbocycles. The normalized spacial score (nSPS) is 29.5. The Morgan fingerprint density at radius 1 is 1.45 bits per heavy atom. The Bertz CT molecular complexity index is 129. The third-order valence-corrected chi connectivity index (χ3v) is 2.68. The van der Waals surface area contributed by atoms with Gasteiger partial charge in [0.2, 0.25) is 0 Å². The Morgan fingerprint density at radius 3 is 2.82 bits per heavy atom. The van der Waals surface area contributed by atoms with Gasteiger partial charge in [0.25, 0.3) is 0 Å². The second-order valence-corrected chi connectivity index (χ2v) is 3.52. The second kappa shape index (κ2) is 4.42. The van der Waals surface area contributed by atoms with Crippen molar-refractivity contribution in [2.75, 3.05) is 0 Å². The van der Waals surface area contributed by atoms with Gasteiger partial charge in [-0.15, -0.1) is 0 Å². The molecule has 0 radical (unpaired) electrons. The molecule has 0 aliphatic heterocycles. The standard InChI is InChI=1S/C10H19N/c1-2-9-8-10(9)6-4-3-5-7-11/h5,7,9-10H,2-4,6,8,11H2,1H3/b7-5-. The van der Waals surface area contributed by atoms with Gasteiger partial charge in [0.05, 0.1) is 0 Å². The smallest absolute Gasteiger partial charge is 0.0103 e. The van der Waals surface area contributed by atoms with Crippen molar-refractivity contribution in [1.82, 2.24) is 0 Å². The van der Waals surface area contributed by atoms with Crippen molar-refractivity contribution in [3.05, 3.63) is 12.3 Å². The molecule has 1 aliphatic rings. The minimum Gasteiger partial charge on any atom is -0.405 e. The van der Waals surface area contributed by atoms with E-state index in [4.69, 9.17) is 5.73 Å². The van der Waals surface area contributed by atoms with Gasteiger partial charge in [0, 0.05) is 0 Å². The van der Waals surface area contributed by atoms with Crippen LogP contribution >= 0.6 is 0 Å². The molecule has 64 valence electrons. The lowest BCUT2D eigenvalue weighted by molar-refractivity contribution is 0.605. The molecule has 0 heterocycles. The molecule has 2 unspecified atom stereocenters. The van der Waals surface area contributed by atoms with Gasteiger partial charge >= 0.3 is 0 Å². The van der Waals surface area contributed by atoms with Crippen LogP contribution in [0, 0.1) is 11.8 Å². The zero-order chi connectivity index (χ0) is 8.10. The molecular formula is C10H19N. The maximum absolute atomic E-state index is 5.23. The summed E-state index contributed by atoms with van der Waals surface area (Å²) in [6, 6.07) is 0.